The van der Waals surface area contributed by atoms with E-state index in [9.17, 15) is 17.6 Å². The Labute approximate surface area is 203 Å². The Morgan fingerprint density at radius 2 is 0.559 bits per heavy atom. The molecule has 0 spiro atoms. The molecule has 34 heavy (non-hydrogen) atoms. The Hall–Kier alpha value is -2.78. The van der Waals surface area contributed by atoms with Crippen LogP contribution in [0.15, 0.2) is 48.5 Å². The molecule has 0 bridgehead atoms. The Balaban J connectivity index is 1.62. The SMILES string of the molecule is Fc1cc2c3cc4cc5c(cc4cc3c3cc(F)sc3c2s1)c1cc(F)sc1c1sc(F)cc51. The summed E-state index contributed by atoms with van der Waals surface area (Å²) in [6, 6.07) is 14.0. The molecule has 0 unspecified atom stereocenters. The summed E-state index contributed by atoms with van der Waals surface area (Å²) in [5.74, 6) is 0. The van der Waals surface area contributed by atoms with Crippen LogP contribution in [0.3, 0.4) is 0 Å². The molecule has 8 heteroatoms. The first-order valence-corrected chi connectivity index (χ1v) is 13.5. The van der Waals surface area contributed by atoms with E-state index in [0.717, 1.165) is 118 Å². The molecule has 0 aliphatic rings. The van der Waals surface area contributed by atoms with E-state index < -0.39 is 0 Å². The highest BCUT2D eigenvalue weighted by Crippen LogP contribution is 2.46. The van der Waals surface area contributed by atoms with E-state index in [-0.39, 0.29) is 20.5 Å². The van der Waals surface area contributed by atoms with Crippen molar-refractivity contribution >= 4 is 118 Å². The highest BCUT2D eigenvalue weighted by Gasteiger charge is 2.19. The fraction of sp³-hybridized carbons (Fsp3) is 0. The van der Waals surface area contributed by atoms with E-state index in [1.165, 1.54) is 24.3 Å². The lowest BCUT2D eigenvalue weighted by atomic mass is 9.95. The molecular weight excluding hydrogens is 517 g/mol. The van der Waals surface area contributed by atoms with Crippen molar-refractivity contribution in [3.8, 4) is 0 Å². The summed E-state index contributed by atoms with van der Waals surface area (Å²) in [6.07, 6.45) is 0. The molecule has 4 aromatic carbocycles. The number of hydrogen-bond donors (Lipinski definition) is 0. The number of fused-ring (bicyclic) bond motifs is 13. The molecule has 0 saturated heterocycles. The summed E-state index contributed by atoms with van der Waals surface area (Å²) < 4.78 is 60.2. The second-order valence-corrected chi connectivity index (χ2v) is 12.3. The van der Waals surface area contributed by atoms with Crippen LogP contribution in [-0.4, -0.2) is 0 Å². The Morgan fingerprint density at radius 1 is 0.324 bits per heavy atom. The maximum absolute atomic E-state index is 14.3. The lowest BCUT2D eigenvalue weighted by Gasteiger charge is -2.09. The van der Waals surface area contributed by atoms with E-state index in [1.54, 1.807) is 0 Å². The smallest absolute Gasteiger partial charge is 0.177 e. The minimum absolute atomic E-state index is 0.312. The van der Waals surface area contributed by atoms with Gasteiger partial charge in [-0.1, -0.05) is 0 Å². The van der Waals surface area contributed by atoms with E-state index in [0.29, 0.717) is 0 Å². The minimum Gasteiger partial charge on any atom is -0.195 e. The third kappa shape index (κ3) is 2.46. The molecule has 8 aromatic rings. The maximum atomic E-state index is 14.3. The largest absolute Gasteiger partial charge is 0.195 e. The lowest BCUT2D eigenvalue weighted by molar-refractivity contribution is 0.658. The molecule has 0 amide bonds. The molecule has 0 nitrogen and oxygen atoms in total. The Morgan fingerprint density at radius 3 is 0.794 bits per heavy atom. The number of hydrogen-bond acceptors (Lipinski definition) is 4. The summed E-state index contributed by atoms with van der Waals surface area (Å²) in [4.78, 5) is 0. The standard InChI is InChI=1S/C26H8F4S4/c27-19-5-15-11-1-9-2-13-14(18-8-22(30)34-26(18)25-17(13)7-21(29)33-25)4-10(9)3-12(11)16-6-20(28)32-24(16)23(15)31-19/h1-8H. The van der Waals surface area contributed by atoms with Crippen molar-refractivity contribution in [1.29, 1.82) is 0 Å². The number of rotatable bonds is 0. The highest BCUT2D eigenvalue weighted by atomic mass is 32.1. The molecule has 4 heterocycles. The first kappa shape index (κ1) is 19.5. The second-order valence-electron chi connectivity index (χ2n) is 8.32. The second kappa shape index (κ2) is 6.46. The predicted molar refractivity (Wildman–Crippen MR) is 140 cm³/mol. The molecule has 8 rings (SSSR count). The van der Waals surface area contributed by atoms with Crippen molar-refractivity contribution in [2.24, 2.45) is 0 Å². The summed E-state index contributed by atoms with van der Waals surface area (Å²) in [7, 11) is 0. The molecule has 4 aromatic heterocycles. The van der Waals surface area contributed by atoms with Gasteiger partial charge in [-0.25, -0.2) is 0 Å². The van der Waals surface area contributed by atoms with Crippen molar-refractivity contribution in [2.45, 2.75) is 0 Å². The van der Waals surface area contributed by atoms with Gasteiger partial charge in [0.1, 0.15) is 0 Å². The van der Waals surface area contributed by atoms with Crippen molar-refractivity contribution in [2.75, 3.05) is 0 Å². The summed E-state index contributed by atoms with van der Waals surface area (Å²) in [6.45, 7) is 0. The van der Waals surface area contributed by atoms with Crippen LogP contribution in [0, 0.1) is 20.5 Å². The average molecular weight is 525 g/mol. The van der Waals surface area contributed by atoms with Crippen LogP contribution in [0.1, 0.15) is 0 Å². The van der Waals surface area contributed by atoms with Gasteiger partial charge in [-0.05, 0) is 80.8 Å². The van der Waals surface area contributed by atoms with E-state index >= 15 is 0 Å². The van der Waals surface area contributed by atoms with Crippen LogP contribution in [-0.2, 0) is 0 Å². The molecule has 164 valence electrons. The van der Waals surface area contributed by atoms with Gasteiger partial charge in [-0.2, -0.15) is 17.6 Å². The number of halogens is 4. The molecular formula is C26H8F4S4. The third-order valence-corrected chi connectivity index (χ3v) is 10.5. The number of thiophene rings is 4. The third-order valence-electron chi connectivity index (χ3n) is 6.49. The van der Waals surface area contributed by atoms with E-state index in [4.69, 9.17) is 0 Å². The van der Waals surface area contributed by atoms with E-state index in [1.807, 2.05) is 24.3 Å². The van der Waals surface area contributed by atoms with Crippen LogP contribution in [0.25, 0.3) is 72.7 Å². The fourth-order valence-corrected chi connectivity index (χ4v) is 9.07. The topological polar surface area (TPSA) is 0 Å². The Kier molecular flexibility index (Phi) is 3.71. The zero-order chi connectivity index (χ0) is 22.9. The number of benzene rings is 4. The van der Waals surface area contributed by atoms with Crippen molar-refractivity contribution in [3.05, 3.63) is 69.1 Å². The predicted octanol–water partition coefficient (Wildman–Crippen LogP) is 10.6. The van der Waals surface area contributed by atoms with Gasteiger partial charge in [-0.15, -0.1) is 45.3 Å². The quantitative estimate of drug-likeness (QED) is 0.137. The molecule has 0 atom stereocenters. The van der Waals surface area contributed by atoms with Crippen molar-refractivity contribution in [3.63, 3.8) is 0 Å². The van der Waals surface area contributed by atoms with Gasteiger partial charge in [0.05, 0.1) is 18.8 Å². The zero-order valence-electron chi connectivity index (χ0n) is 16.8. The summed E-state index contributed by atoms with van der Waals surface area (Å²) >= 11 is 4.11. The van der Waals surface area contributed by atoms with Crippen LogP contribution in [0.4, 0.5) is 17.6 Å². The van der Waals surface area contributed by atoms with Crippen LogP contribution >= 0.6 is 45.3 Å². The van der Waals surface area contributed by atoms with Gasteiger partial charge in [-0.3, -0.25) is 0 Å². The Bertz CT molecular complexity index is 1870. The molecule has 0 aliphatic heterocycles. The molecule has 0 aliphatic carbocycles. The fourth-order valence-electron chi connectivity index (χ4n) is 5.16. The maximum Gasteiger partial charge on any atom is 0.177 e. The normalized spacial score (nSPS) is 12.7. The van der Waals surface area contributed by atoms with Crippen LogP contribution < -0.4 is 0 Å². The summed E-state index contributed by atoms with van der Waals surface area (Å²) in [5.41, 5.74) is 0. The van der Waals surface area contributed by atoms with Gasteiger partial charge in [0.15, 0.2) is 20.5 Å². The first-order valence-electron chi connectivity index (χ1n) is 10.3. The van der Waals surface area contributed by atoms with Crippen LogP contribution in [0.2, 0.25) is 0 Å². The van der Waals surface area contributed by atoms with Gasteiger partial charge >= 0.3 is 0 Å². The van der Waals surface area contributed by atoms with Crippen LogP contribution in [0.5, 0.6) is 0 Å². The summed E-state index contributed by atoms with van der Waals surface area (Å²) in [5, 5.41) is 7.01. The van der Waals surface area contributed by atoms with Crippen molar-refractivity contribution < 1.29 is 17.6 Å². The first-order chi connectivity index (χ1) is 16.4. The zero-order valence-corrected chi connectivity index (χ0v) is 20.0. The van der Waals surface area contributed by atoms with Gasteiger partial charge < -0.3 is 0 Å². The molecule has 0 N–H and O–H groups in total. The van der Waals surface area contributed by atoms with Gasteiger partial charge in [0, 0.05) is 21.5 Å². The lowest BCUT2D eigenvalue weighted by Crippen LogP contribution is -1.82. The average Bonchev–Trinajstić information content (AvgIpc) is 3.56. The van der Waals surface area contributed by atoms with Gasteiger partial charge in [0.2, 0.25) is 0 Å². The van der Waals surface area contributed by atoms with E-state index in [2.05, 4.69) is 0 Å². The molecule has 0 radical (unpaired) electrons. The highest BCUT2D eigenvalue weighted by molar-refractivity contribution is 7.26. The molecule has 0 saturated carbocycles. The monoisotopic (exact) mass is 524 g/mol. The molecule has 0 fully saturated rings. The van der Waals surface area contributed by atoms with Gasteiger partial charge in [0.25, 0.3) is 0 Å². The minimum atomic E-state index is -0.312. The van der Waals surface area contributed by atoms with Crippen molar-refractivity contribution in [1.82, 2.24) is 0 Å².